The number of amides is 1. The molecule has 2 aromatic rings. The number of para-hydroxylation sites is 1. The van der Waals surface area contributed by atoms with Crippen LogP contribution >= 0.6 is 0 Å². The van der Waals surface area contributed by atoms with E-state index in [1.807, 2.05) is 0 Å². The molecule has 7 heteroatoms. The normalized spacial score (nSPS) is 10.3. The number of anilines is 1. The largest absolute Gasteiger partial charge is 0.495 e. The van der Waals surface area contributed by atoms with E-state index in [9.17, 15) is 4.79 Å². The van der Waals surface area contributed by atoms with Crippen molar-refractivity contribution < 1.29 is 14.1 Å². The van der Waals surface area contributed by atoms with E-state index < -0.39 is 0 Å². The Morgan fingerprint density at radius 2 is 2.30 bits per heavy atom. The average Bonchev–Trinajstić information content (AvgIpc) is 2.84. The summed E-state index contributed by atoms with van der Waals surface area (Å²) < 4.78 is 10.0. The van der Waals surface area contributed by atoms with Gasteiger partial charge in [-0.15, -0.1) is 0 Å². The van der Waals surface area contributed by atoms with E-state index in [0.717, 1.165) is 0 Å². The number of nitrogens with two attached hydrogens (primary N) is 1. The van der Waals surface area contributed by atoms with Crippen molar-refractivity contribution in [1.29, 1.82) is 0 Å². The van der Waals surface area contributed by atoms with Crippen molar-refractivity contribution in [2.24, 2.45) is 0 Å². The van der Waals surface area contributed by atoms with Gasteiger partial charge in [0.15, 0.2) is 5.82 Å². The quantitative estimate of drug-likeness (QED) is 0.788. The highest BCUT2D eigenvalue weighted by atomic mass is 16.5. The molecule has 0 radical (unpaired) electrons. The first-order valence-electron chi connectivity index (χ1n) is 6.11. The Bertz CT molecular complexity index is 609. The maximum Gasteiger partial charge on any atom is 0.253 e. The molecule has 1 aromatic heterocycles. The van der Waals surface area contributed by atoms with Crippen LogP contribution in [0.25, 0.3) is 0 Å². The van der Waals surface area contributed by atoms with E-state index in [0.29, 0.717) is 41.7 Å². The smallest absolute Gasteiger partial charge is 0.253 e. The summed E-state index contributed by atoms with van der Waals surface area (Å²) in [5.74, 6) is 1.27. The lowest BCUT2D eigenvalue weighted by molar-refractivity contribution is 0.0954. The molecule has 1 heterocycles. The molecule has 1 aromatic carbocycles. The van der Waals surface area contributed by atoms with E-state index >= 15 is 0 Å². The van der Waals surface area contributed by atoms with Gasteiger partial charge in [-0.3, -0.25) is 4.79 Å². The first-order valence-corrected chi connectivity index (χ1v) is 6.11. The number of hydrogen-bond donors (Lipinski definition) is 2. The lowest BCUT2D eigenvalue weighted by Gasteiger charge is -2.09. The molecule has 0 saturated carbocycles. The van der Waals surface area contributed by atoms with Crippen molar-refractivity contribution in [1.82, 2.24) is 15.5 Å². The zero-order chi connectivity index (χ0) is 14.5. The van der Waals surface area contributed by atoms with E-state index in [2.05, 4.69) is 15.5 Å². The Morgan fingerprint density at radius 3 is 2.95 bits per heavy atom. The number of nitrogen functional groups attached to an aromatic ring is 1. The van der Waals surface area contributed by atoms with Gasteiger partial charge in [0.1, 0.15) is 5.75 Å². The molecule has 0 fully saturated rings. The summed E-state index contributed by atoms with van der Waals surface area (Å²) in [6.07, 6.45) is 0.469. The maximum atomic E-state index is 12.0. The first kappa shape index (κ1) is 13.9. The minimum atomic E-state index is -0.266. The Hall–Kier alpha value is -2.57. The summed E-state index contributed by atoms with van der Waals surface area (Å²) in [5.41, 5.74) is 6.56. The molecule has 0 aliphatic carbocycles. The zero-order valence-electron chi connectivity index (χ0n) is 11.3. The summed E-state index contributed by atoms with van der Waals surface area (Å²) in [4.78, 5) is 16.1. The van der Waals surface area contributed by atoms with Gasteiger partial charge in [0.25, 0.3) is 5.91 Å². The third-order valence-corrected chi connectivity index (χ3v) is 2.72. The molecule has 3 N–H and O–H groups in total. The highest BCUT2D eigenvalue weighted by Gasteiger charge is 2.13. The van der Waals surface area contributed by atoms with Crippen LogP contribution in [0.3, 0.4) is 0 Å². The minimum Gasteiger partial charge on any atom is -0.495 e. The molecular weight excluding hydrogens is 260 g/mol. The number of benzene rings is 1. The summed E-state index contributed by atoms with van der Waals surface area (Å²) in [6.45, 7) is 2.12. The number of hydrogen-bond acceptors (Lipinski definition) is 6. The molecule has 106 valence electrons. The SMILES string of the molecule is COc1cccc(C(=O)NCCc2nc(C)no2)c1N. The third-order valence-electron chi connectivity index (χ3n) is 2.72. The van der Waals surface area contributed by atoms with Gasteiger partial charge in [0.2, 0.25) is 5.89 Å². The predicted octanol–water partition coefficient (Wildman–Crippen LogP) is 0.941. The summed E-state index contributed by atoms with van der Waals surface area (Å²) >= 11 is 0. The molecule has 0 unspecified atom stereocenters. The van der Waals surface area contributed by atoms with Crippen molar-refractivity contribution in [2.75, 3.05) is 19.4 Å². The Kier molecular flexibility index (Phi) is 4.19. The fourth-order valence-corrected chi connectivity index (χ4v) is 1.74. The molecule has 0 saturated heterocycles. The van der Waals surface area contributed by atoms with Gasteiger partial charge in [0.05, 0.1) is 18.4 Å². The number of carbonyl (C=O) groups is 1. The van der Waals surface area contributed by atoms with Gasteiger partial charge in [-0.25, -0.2) is 0 Å². The van der Waals surface area contributed by atoms with E-state index in [-0.39, 0.29) is 5.91 Å². The number of aryl methyl sites for hydroxylation is 1. The first-order chi connectivity index (χ1) is 9.61. The van der Waals surface area contributed by atoms with Crippen LogP contribution in [0, 0.1) is 6.92 Å². The minimum absolute atomic E-state index is 0.266. The van der Waals surface area contributed by atoms with Crippen molar-refractivity contribution in [3.63, 3.8) is 0 Å². The van der Waals surface area contributed by atoms with E-state index in [4.69, 9.17) is 15.0 Å². The van der Waals surface area contributed by atoms with Gasteiger partial charge in [-0.2, -0.15) is 4.98 Å². The maximum absolute atomic E-state index is 12.0. The van der Waals surface area contributed by atoms with Crippen LogP contribution in [-0.4, -0.2) is 29.7 Å². The molecule has 1 amide bonds. The second kappa shape index (κ2) is 6.05. The monoisotopic (exact) mass is 276 g/mol. The van der Waals surface area contributed by atoms with Gasteiger partial charge in [-0.05, 0) is 19.1 Å². The van der Waals surface area contributed by atoms with Crippen LogP contribution in [0.4, 0.5) is 5.69 Å². The number of nitrogens with one attached hydrogen (secondary N) is 1. The fraction of sp³-hybridized carbons (Fsp3) is 0.308. The van der Waals surface area contributed by atoms with Gasteiger partial charge in [-0.1, -0.05) is 11.2 Å². The molecule has 0 atom stereocenters. The second-order valence-corrected chi connectivity index (χ2v) is 4.16. The van der Waals surface area contributed by atoms with E-state index in [1.54, 1.807) is 25.1 Å². The average molecular weight is 276 g/mol. The molecule has 20 heavy (non-hydrogen) atoms. The van der Waals surface area contributed by atoms with Gasteiger partial charge >= 0.3 is 0 Å². The van der Waals surface area contributed by atoms with Crippen LogP contribution in [0.5, 0.6) is 5.75 Å². The fourth-order valence-electron chi connectivity index (χ4n) is 1.74. The number of nitrogens with zero attached hydrogens (tertiary/aromatic N) is 2. The molecular formula is C13H16N4O3. The third kappa shape index (κ3) is 3.05. The van der Waals surface area contributed by atoms with Crippen molar-refractivity contribution in [2.45, 2.75) is 13.3 Å². The Balaban J connectivity index is 1.95. The summed E-state index contributed by atoms with van der Waals surface area (Å²) in [6, 6.07) is 5.06. The second-order valence-electron chi connectivity index (χ2n) is 4.16. The molecule has 2 rings (SSSR count). The summed E-state index contributed by atoms with van der Waals surface area (Å²) in [5, 5.41) is 6.42. The van der Waals surface area contributed by atoms with E-state index in [1.165, 1.54) is 7.11 Å². The number of rotatable bonds is 5. The lowest BCUT2D eigenvalue weighted by Crippen LogP contribution is -2.26. The van der Waals surface area contributed by atoms with Crippen LogP contribution in [0.1, 0.15) is 22.1 Å². The number of carbonyl (C=O) groups excluding carboxylic acids is 1. The van der Waals surface area contributed by atoms with Gasteiger partial charge < -0.3 is 20.3 Å². The highest BCUT2D eigenvalue weighted by molar-refractivity contribution is 6.00. The number of ether oxygens (including phenoxy) is 1. The standard InChI is InChI=1S/C13H16N4O3/c1-8-16-11(20-17-8)6-7-15-13(18)9-4-3-5-10(19-2)12(9)14/h3-5H,6-7,14H2,1-2H3,(H,15,18). The van der Waals surface area contributed by atoms with Crippen molar-refractivity contribution in [3.8, 4) is 5.75 Å². The molecule has 0 spiro atoms. The molecule has 0 aliphatic heterocycles. The highest BCUT2D eigenvalue weighted by Crippen LogP contribution is 2.24. The Labute approximate surface area is 116 Å². The zero-order valence-corrected chi connectivity index (χ0v) is 11.3. The molecule has 7 nitrogen and oxygen atoms in total. The summed E-state index contributed by atoms with van der Waals surface area (Å²) in [7, 11) is 1.51. The van der Waals surface area contributed by atoms with Crippen LogP contribution in [0.15, 0.2) is 22.7 Å². The predicted molar refractivity (Wildman–Crippen MR) is 72.5 cm³/mol. The van der Waals surface area contributed by atoms with Crippen LogP contribution < -0.4 is 15.8 Å². The van der Waals surface area contributed by atoms with Gasteiger partial charge in [0, 0.05) is 13.0 Å². The lowest BCUT2D eigenvalue weighted by atomic mass is 10.1. The van der Waals surface area contributed by atoms with Crippen LogP contribution in [-0.2, 0) is 6.42 Å². The van der Waals surface area contributed by atoms with Crippen molar-refractivity contribution >= 4 is 11.6 Å². The Morgan fingerprint density at radius 1 is 1.50 bits per heavy atom. The number of methoxy groups -OCH3 is 1. The van der Waals surface area contributed by atoms with Crippen LogP contribution in [0.2, 0.25) is 0 Å². The topological polar surface area (TPSA) is 103 Å². The number of aromatic nitrogens is 2. The molecule has 0 bridgehead atoms. The molecule has 0 aliphatic rings. The van der Waals surface area contributed by atoms with Crippen molar-refractivity contribution in [3.05, 3.63) is 35.5 Å².